The van der Waals surface area contributed by atoms with Gasteiger partial charge in [0.05, 0.1) is 6.07 Å². The second kappa shape index (κ2) is 5.68. The first kappa shape index (κ1) is 13.2. The number of Topliss-reactive ketones (excluding diaryl/α,β-unsaturated/α-hetero) is 1. The molecule has 1 unspecified atom stereocenters. The molecule has 1 aliphatic heterocycles. The van der Waals surface area contributed by atoms with Gasteiger partial charge in [0.25, 0.3) is 0 Å². The lowest BCUT2D eigenvalue weighted by atomic mass is 9.91. The Balaban J connectivity index is 1.94. The van der Waals surface area contributed by atoms with Crippen LogP contribution in [-0.2, 0) is 0 Å². The van der Waals surface area contributed by atoms with Crippen molar-refractivity contribution in [2.75, 3.05) is 13.2 Å². The summed E-state index contributed by atoms with van der Waals surface area (Å²) in [5.41, 5.74) is 1.15. The number of carbonyl (C=O) groups is 1. The van der Waals surface area contributed by atoms with Crippen LogP contribution in [0.2, 0.25) is 0 Å². The highest BCUT2D eigenvalue weighted by molar-refractivity contribution is 6.02. The van der Waals surface area contributed by atoms with Crippen LogP contribution in [0.15, 0.2) is 48.5 Å². The van der Waals surface area contributed by atoms with E-state index in [-0.39, 0.29) is 5.78 Å². The predicted octanol–water partition coefficient (Wildman–Crippen LogP) is 2.95. The number of carbonyl (C=O) groups excluding carboxylic acids is 1. The number of benzene rings is 2. The monoisotopic (exact) mass is 279 g/mol. The summed E-state index contributed by atoms with van der Waals surface area (Å²) in [4.78, 5) is 12.4. The molecular weight excluding hydrogens is 266 g/mol. The average molecular weight is 279 g/mol. The van der Waals surface area contributed by atoms with Crippen molar-refractivity contribution in [1.82, 2.24) is 0 Å². The smallest absolute Gasteiger partial charge is 0.184 e. The van der Waals surface area contributed by atoms with Crippen molar-refractivity contribution in [2.24, 2.45) is 0 Å². The summed E-state index contributed by atoms with van der Waals surface area (Å²) in [6.07, 6.45) is 0. The summed E-state index contributed by atoms with van der Waals surface area (Å²) in [5, 5.41) is 9.37. The van der Waals surface area contributed by atoms with E-state index < -0.39 is 5.92 Å². The molecule has 4 nitrogen and oxygen atoms in total. The minimum absolute atomic E-state index is 0.213. The van der Waals surface area contributed by atoms with E-state index in [1.807, 2.05) is 6.07 Å². The van der Waals surface area contributed by atoms with Crippen molar-refractivity contribution in [2.45, 2.75) is 5.92 Å². The molecule has 104 valence electrons. The molecule has 1 heterocycles. The molecule has 0 bridgehead atoms. The molecule has 0 N–H and O–H groups in total. The minimum Gasteiger partial charge on any atom is -0.486 e. The molecule has 2 aromatic rings. The number of nitriles is 1. The molecular formula is C17H13NO3. The number of fused-ring (bicyclic) bond motifs is 1. The van der Waals surface area contributed by atoms with Gasteiger partial charge in [0, 0.05) is 5.56 Å². The number of rotatable bonds is 3. The first-order chi connectivity index (χ1) is 10.3. The van der Waals surface area contributed by atoms with Crippen LogP contribution in [0.3, 0.4) is 0 Å². The second-order valence-electron chi connectivity index (χ2n) is 4.70. The maximum absolute atomic E-state index is 12.4. The maximum Gasteiger partial charge on any atom is 0.184 e. The molecule has 0 aliphatic carbocycles. The number of nitrogens with zero attached hydrogens (tertiary/aromatic N) is 1. The lowest BCUT2D eigenvalue weighted by molar-refractivity contribution is 0.0978. The Hall–Kier alpha value is -2.80. The van der Waals surface area contributed by atoms with E-state index in [1.165, 1.54) is 0 Å². The Bertz CT molecular complexity index is 704. The average Bonchev–Trinajstić information content (AvgIpc) is 2.56. The fourth-order valence-electron chi connectivity index (χ4n) is 2.29. The molecule has 0 saturated carbocycles. The van der Waals surface area contributed by atoms with Crippen LogP contribution >= 0.6 is 0 Å². The summed E-state index contributed by atoms with van der Waals surface area (Å²) in [6, 6.07) is 16.1. The molecule has 2 aromatic carbocycles. The van der Waals surface area contributed by atoms with Gasteiger partial charge < -0.3 is 9.47 Å². The molecule has 4 heteroatoms. The molecule has 0 fully saturated rings. The number of ether oxygens (including phenoxy) is 2. The highest BCUT2D eigenvalue weighted by Gasteiger charge is 2.23. The van der Waals surface area contributed by atoms with E-state index in [4.69, 9.17) is 9.47 Å². The Morgan fingerprint density at radius 1 is 1.05 bits per heavy atom. The lowest BCUT2D eigenvalue weighted by Crippen LogP contribution is -2.16. The van der Waals surface area contributed by atoms with Gasteiger partial charge in [-0.25, -0.2) is 0 Å². The van der Waals surface area contributed by atoms with Crippen LogP contribution in [0.25, 0.3) is 0 Å². The van der Waals surface area contributed by atoms with Gasteiger partial charge in [0.2, 0.25) is 0 Å². The first-order valence-corrected chi connectivity index (χ1v) is 6.68. The van der Waals surface area contributed by atoms with Gasteiger partial charge in [-0.3, -0.25) is 4.79 Å². The third-order valence-electron chi connectivity index (χ3n) is 3.35. The SMILES string of the molecule is N#CC(C(=O)c1ccccc1)c1ccc2c(c1)OCCO2. The van der Waals surface area contributed by atoms with E-state index in [0.29, 0.717) is 35.8 Å². The highest BCUT2D eigenvalue weighted by Crippen LogP contribution is 2.33. The normalized spacial score (nSPS) is 14.0. The van der Waals surface area contributed by atoms with Gasteiger partial charge in [-0.05, 0) is 17.7 Å². The van der Waals surface area contributed by atoms with Crippen LogP contribution in [0.1, 0.15) is 21.8 Å². The van der Waals surface area contributed by atoms with E-state index in [2.05, 4.69) is 6.07 Å². The van der Waals surface area contributed by atoms with Gasteiger partial charge in [0.1, 0.15) is 19.1 Å². The van der Waals surface area contributed by atoms with Gasteiger partial charge >= 0.3 is 0 Å². The summed E-state index contributed by atoms with van der Waals surface area (Å²) in [7, 11) is 0. The third-order valence-corrected chi connectivity index (χ3v) is 3.35. The highest BCUT2D eigenvalue weighted by atomic mass is 16.6. The molecule has 0 aromatic heterocycles. The van der Waals surface area contributed by atoms with E-state index in [0.717, 1.165) is 0 Å². The Morgan fingerprint density at radius 2 is 1.76 bits per heavy atom. The second-order valence-corrected chi connectivity index (χ2v) is 4.70. The molecule has 0 saturated heterocycles. The van der Waals surface area contributed by atoms with Crippen LogP contribution in [0, 0.1) is 11.3 Å². The zero-order valence-corrected chi connectivity index (χ0v) is 11.3. The summed E-state index contributed by atoms with van der Waals surface area (Å²) < 4.78 is 10.9. The van der Waals surface area contributed by atoms with E-state index >= 15 is 0 Å². The number of hydrogen-bond donors (Lipinski definition) is 0. The predicted molar refractivity (Wildman–Crippen MR) is 76.6 cm³/mol. The van der Waals surface area contributed by atoms with Crippen molar-refractivity contribution < 1.29 is 14.3 Å². The van der Waals surface area contributed by atoms with Gasteiger partial charge in [-0.1, -0.05) is 36.4 Å². The Morgan fingerprint density at radius 3 is 2.48 bits per heavy atom. The first-order valence-electron chi connectivity index (χ1n) is 6.68. The molecule has 0 radical (unpaired) electrons. The van der Waals surface area contributed by atoms with Gasteiger partial charge in [-0.15, -0.1) is 0 Å². The zero-order valence-electron chi connectivity index (χ0n) is 11.3. The summed E-state index contributed by atoms with van der Waals surface area (Å²) >= 11 is 0. The van der Waals surface area contributed by atoms with Crippen molar-refractivity contribution in [3.63, 3.8) is 0 Å². The van der Waals surface area contributed by atoms with Crippen LogP contribution in [0.4, 0.5) is 0 Å². The van der Waals surface area contributed by atoms with Crippen molar-refractivity contribution >= 4 is 5.78 Å². The fraction of sp³-hybridized carbons (Fsp3) is 0.176. The molecule has 1 aliphatic rings. The van der Waals surface area contributed by atoms with Crippen molar-refractivity contribution in [3.05, 3.63) is 59.7 Å². The number of ketones is 1. The van der Waals surface area contributed by atoms with Gasteiger partial charge in [0.15, 0.2) is 17.3 Å². The zero-order chi connectivity index (χ0) is 14.7. The van der Waals surface area contributed by atoms with Crippen LogP contribution < -0.4 is 9.47 Å². The fourth-order valence-corrected chi connectivity index (χ4v) is 2.29. The standard InChI is InChI=1S/C17H13NO3/c18-11-14(17(19)12-4-2-1-3-5-12)13-6-7-15-16(10-13)21-9-8-20-15/h1-7,10,14H,8-9H2. The number of hydrogen-bond acceptors (Lipinski definition) is 4. The van der Waals surface area contributed by atoms with Crippen LogP contribution in [-0.4, -0.2) is 19.0 Å². The largest absolute Gasteiger partial charge is 0.486 e. The summed E-state index contributed by atoms with van der Waals surface area (Å²) in [6.45, 7) is 0.983. The molecule has 0 spiro atoms. The quantitative estimate of drug-likeness (QED) is 0.810. The van der Waals surface area contributed by atoms with Crippen molar-refractivity contribution in [1.29, 1.82) is 5.26 Å². The molecule has 3 rings (SSSR count). The topological polar surface area (TPSA) is 59.3 Å². The maximum atomic E-state index is 12.4. The van der Waals surface area contributed by atoms with Crippen molar-refractivity contribution in [3.8, 4) is 17.6 Å². The molecule has 0 amide bonds. The minimum atomic E-state index is -0.844. The Kier molecular flexibility index (Phi) is 3.57. The van der Waals surface area contributed by atoms with Crippen LogP contribution in [0.5, 0.6) is 11.5 Å². The van der Waals surface area contributed by atoms with E-state index in [9.17, 15) is 10.1 Å². The molecule has 1 atom stereocenters. The summed E-state index contributed by atoms with van der Waals surface area (Å²) in [5.74, 6) is 0.173. The Labute approximate surface area is 122 Å². The lowest BCUT2D eigenvalue weighted by Gasteiger charge is -2.19. The third kappa shape index (κ3) is 2.59. The van der Waals surface area contributed by atoms with Gasteiger partial charge in [-0.2, -0.15) is 5.26 Å². The molecule has 21 heavy (non-hydrogen) atoms. The van der Waals surface area contributed by atoms with E-state index in [1.54, 1.807) is 42.5 Å².